The predicted octanol–water partition coefficient (Wildman–Crippen LogP) is 2.67. The Bertz CT molecular complexity index is 874. The Labute approximate surface area is 201 Å². The number of esters is 4. The van der Waals surface area contributed by atoms with Crippen molar-refractivity contribution in [3.05, 3.63) is 27.1 Å². The van der Waals surface area contributed by atoms with E-state index in [4.69, 9.17) is 28.4 Å². The third-order valence-corrected chi connectivity index (χ3v) is 5.20. The topological polar surface area (TPSA) is 124 Å². The molecule has 1 aliphatic rings. The fourth-order valence-corrected chi connectivity index (χ4v) is 4.12. The second kappa shape index (κ2) is 11.6. The van der Waals surface area contributed by atoms with Crippen LogP contribution in [0.3, 0.4) is 0 Å². The van der Waals surface area contributed by atoms with E-state index in [1.165, 1.54) is 6.92 Å². The van der Waals surface area contributed by atoms with Crippen LogP contribution < -0.4 is 4.74 Å². The van der Waals surface area contributed by atoms with E-state index in [0.29, 0.717) is 10.2 Å². The van der Waals surface area contributed by atoms with Gasteiger partial charge >= 0.3 is 23.9 Å². The van der Waals surface area contributed by atoms with Crippen LogP contribution in [0.2, 0.25) is 0 Å². The highest BCUT2D eigenvalue weighted by atomic mass is 79.9. The molecule has 0 radical (unpaired) electrons. The molecule has 1 fully saturated rings. The minimum atomic E-state index is -1.30. The molecular weight excluding hydrogens is 560 g/mol. The minimum Gasteiger partial charge on any atom is -0.463 e. The van der Waals surface area contributed by atoms with Gasteiger partial charge in [-0.3, -0.25) is 19.2 Å². The van der Waals surface area contributed by atoms with Gasteiger partial charge in [-0.2, -0.15) is 0 Å². The second-order valence-electron chi connectivity index (χ2n) is 6.76. The van der Waals surface area contributed by atoms with Crippen LogP contribution in [-0.4, -0.2) is 61.2 Å². The molecule has 0 aliphatic carbocycles. The fraction of sp³-hybridized carbons (Fsp3) is 0.500. The van der Waals surface area contributed by atoms with Gasteiger partial charge in [0.05, 0.1) is 4.47 Å². The Kier molecular flexibility index (Phi) is 9.47. The maximum Gasteiger partial charge on any atom is 0.303 e. The van der Waals surface area contributed by atoms with Crippen molar-refractivity contribution < 1.29 is 47.6 Å². The van der Waals surface area contributed by atoms with Gasteiger partial charge in [-0.1, -0.05) is 15.9 Å². The summed E-state index contributed by atoms with van der Waals surface area (Å²) in [6.45, 7) is 4.31. The molecule has 0 saturated carbocycles. The third-order valence-electron chi connectivity index (χ3n) is 4.09. The number of carbonyl (C=O) groups excluding carboxylic acids is 4. The maximum absolute atomic E-state index is 11.8. The van der Waals surface area contributed by atoms with Crippen LogP contribution >= 0.6 is 31.9 Å². The first kappa shape index (κ1) is 26.1. The summed E-state index contributed by atoms with van der Waals surface area (Å²) in [5.41, 5.74) is 0. The SMILES string of the molecule is CC(=O)OC[C@@H]1O[C@@H](Oc2ccc(Br)cc2Br)[C@@H](OC(C)=O)[C@H](OC(C)=O)[C@H]1OC(C)=O. The zero-order chi connectivity index (χ0) is 24.0. The van der Waals surface area contributed by atoms with Crippen molar-refractivity contribution in [3.8, 4) is 5.75 Å². The van der Waals surface area contributed by atoms with Crippen LogP contribution in [-0.2, 0) is 42.9 Å². The van der Waals surface area contributed by atoms with Gasteiger partial charge in [0.2, 0.25) is 12.4 Å². The lowest BCUT2D eigenvalue weighted by atomic mass is 9.98. The van der Waals surface area contributed by atoms with E-state index >= 15 is 0 Å². The summed E-state index contributed by atoms with van der Waals surface area (Å²) in [4.78, 5) is 46.7. The van der Waals surface area contributed by atoms with Gasteiger partial charge < -0.3 is 28.4 Å². The van der Waals surface area contributed by atoms with Crippen molar-refractivity contribution in [1.29, 1.82) is 0 Å². The summed E-state index contributed by atoms with van der Waals surface area (Å²) in [5.74, 6) is -2.41. The summed E-state index contributed by atoms with van der Waals surface area (Å²) >= 11 is 6.70. The Morgan fingerprint density at radius 2 is 1.41 bits per heavy atom. The molecular formula is C20H22Br2O10. The number of halogens is 2. The van der Waals surface area contributed by atoms with Gasteiger partial charge in [0.25, 0.3) is 0 Å². The lowest BCUT2D eigenvalue weighted by molar-refractivity contribution is -0.288. The summed E-state index contributed by atoms with van der Waals surface area (Å²) < 4.78 is 34.2. The van der Waals surface area contributed by atoms with Crippen molar-refractivity contribution in [3.63, 3.8) is 0 Å². The predicted molar refractivity (Wildman–Crippen MR) is 114 cm³/mol. The van der Waals surface area contributed by atoms with E-state index in [-0.39, 0.29) is 6.61 Å². The van der Waals surface area contributed by atoms with Crippen molar-refractivity contribution in [2.45, 2.75) is 58.4 Å². The monoisotopic (exact) mass is 580 g/mol. The maximum atomic E-state index is 11.8. The molecule has 176 valence electrons. The number of carbonyl (C=O) groups is 4. The van der Waals surface area contributed by atoms with Gasteiger partial charge in [0.15, 0.2) is 12.2 Å². The van der Waals surface area contributed by atoms with Gasteiger partial charge in [-0.05, 0) is 34.1 Å². The van der Waals surface area contributed by atoms with Crippen LogP contribution in [0.4, 0.5) is 0 Å². The molecule has 0 bridgehead atoms. The van der Waals surface area contributed by atoms with E-state index in [9.17, 15) is 19.2 Å². The molecule has 1 aromatic rings. The van der Waals surface area contributed by atoms with Crippen LogP contribution in [0.25, 0.3) is 0 Å². The Hall–Kier alpha value is -2.18. The number of rotatable bonds is 7. The summed E-state index contributed by atoms with van der Waals surface area (Å²) in [6, 6.07) is 5.06. The minimum absolute atomic E-state index is 0.328. The normalized spacial score (nSPS) is 24.8. The molecule has 12 heteroatoms. The smallest absolute Gasteiger partial charge is 0.303 e. The summed E-state index contributed by atoms with van der Waals surface area (Å²) in [5, 5.41) is 0. The number of ether oxygens (including phenoxy) is 6. The average Bonchev–Trinajstić information content (AvgIpc) is 2.65. The largest absolute Gasteiger partial charge is 0.463 e. The van der Waals surface area contributed by atoms with Gasteiger partial charge in [0.1, 0.15) is 18.5 Å². The summed E-state index contributed by atoms with van der Waals surface area (Å²) in [6.07, 6.45) is -6.22. The van der Waals surface area contributed by atoms with Gasteiger partial charge in [-0.15, -0.1) is 0 Å². The Morgan fingerprint density at radius 3 is 1.94 bits per heavy atom. The molecule has 1 saturated heterocycles. The van der Waals surface area contributed by atoms with Crippen molar-refractivity contribution in [2.75, 3.05) is 6.61 Å². The molecule has 1 aliphatic heterocycles. The van der Waals surface area contributed by atoms with Crippen molar-refractivity contribution in [1.82, 2.24) is 0 Å². The molecule has 0 spiro atoms. The van der Waals surface area contributed by atoms with E-state index in [1.807, 2.05) is 0 Å². The average molecular weight is 582 g/mol. The zero-order valence-corrected chi connectivity index (χ0v) is 20.8. The first-order valence-electron chi connectivity index (χ1n) is 9.40. The van der Waals surface area contributed by atoms with E-state index < -0.39 is 54.6 Å². The fourth-order valence-electron chi connectivity index (χ4n) is 2.98. The number of hydrogen-bond donors (Lipinski definition) is 0. The highest BCUT2D eigenvalue weighted by Crippen LogP contribution is 2.34. The van der Waals surface area contributed by atoms with E-state index in [0.717, 1.165) is 25.2 Å². The number of benzene rings is 1. The van der Waals surface area contributed by atoms with Crippen molar-refractivity contribution in [2.24, 2.45) is 0 Å². The standard InChI is InChI=1S/C20H22Br2O10/c1-9(23)27-8-16-17(28-10(2)24)18(29-11(3)25)19(30-12(4)26)20(32-16)31-15-6-5-13(21)7-14(15)22/h5-7,16-20H,8H2,1-4H3/t16-,17-,18+,19-,20+/m0/s1. The summed E-state index contributed by atoms with van der Waals surface area (Å²) in [7, 11) is 0. The lowest BCUT2D eigenvalue weighted by Gasteiger charge is -2.44. The van der Waals surface area contributed by atoms with Gasteiger partial charge in [-0.25, -0.2) is 0 Å². The van der Waals surface area contributed by atoms with Crippen molar-refractivity contribution >= 4 is 55.7 Å². The van der Waals surface area contributed by atoms with E-state index in [1.54, 1.807) is 18.2 Å². The Balaban J connectivity index is 2.47. The molecule has 0 aromatic heterocycles. The van der Waals surface area contributed by atoms with E-state index in [2.05, 4.69) is 31.9 Å². The molecule has 0 unspecified atom stereocenters. The molecule has 1 aromatic carbocycles. The molecule has 10 nitrogen and oxygen atoms in total. The van der Waals surface area contributed by atoms with Crippen LogP contribution in [0.15, 0.2) is 27.1 Å². The lowest BCUT2D eigenvalue weighted by Crippen LogP contribution is -2.63. The molecule has 1 heterocycles. The van der Waals surface area contributed by atoms with Gasteiger partial charge in [0, 0.05) is 32.2 Å². The van der Waals surface area contributed by atoms with Crippen LogP contribution in [0.1, 0.15) is 27.7 Å². The Morgan fingerprint density at radius 1 is 0.844 bits per heavy atom. The quantitative estimate of drug-likeness (QED) is 0.350. The van der Waals surface area contributed by atoms with Crippen LogP contribution in [0, 0.1) is 0 Å². The second-order valence-corrected chi connectivity index (χ2v) is 8.53. The highest BCUT2D eigenvalue weighted by molar-refractivity contribution is 9.11. The third kappa shape index (κ3) is 7.45. The first-order valence-corrected chi connectivity index (χ1v) is 11.0. The molecule has 32 heavy (non-hydrogen) atoms. The highest BCUT2D eigenvalue weighted by Gasteiger charge is 2.53. The number of hydrogen-bond acceptors (Lipinski definition) is 10. The zero-order valence-electron chi connectivity index (χ0n) is 17.7. The van der Waals surface area contributed by atoms with Crippen LogP contribution in [0.5, 0.6) is 5.75 Å². The molecule has 5 atom stereocenters. The first-order chi connectivity index (χ1) is 15.0. The molecule has 0 N–H and O–H groups in total. The molecule has 2 rings (SSSR count). The molecule has 0 amide bonds.